The molecule has 3 rings (SSSR count). The largest absolute Gasteiger partial charge is 0.393 e. The van der Waals surface area contributed by atoms with Crippen molar-refractivity contribution in [3.05, 3.63) is 18.0 Å². The number of hydrogen-bond acceptors (Lipinski definition) is 5. The normalized spacial score (nSPS) is 34.3. The molecule has 3 atom stereocenters. The van der Waals surface area contributed by atoms with Crippen LogP contribution in [-0.4, -0.2) is 52.5 Å². The molecule has 6 heteroatoms. The predicted octanol–water partition coefficient (Wildman–Crippen LogP) is 0.819. The summed E-state index contributed by atoms with van der Waals surface area (Å²) in [6.45, 7) is 0.636. The first-order valence-corrected chi connectivity index (χ1v) is 6.61. The highest BCUT2D eigenvalue weighted by Crippen LogP contribution is 2.42. The van der Waals surface area contributed by atoms with Gasteiger partial charge < -0.3 is 19.3 Å². The minimum atomic E-state index is -0.362. The standard InChI is InChI=1S/C13H18N2O4/c1-18-13-4-2-9(16)8-11(13)15(6-5-13)12(17)10-3-7-19-14-10/h3,7,9,11,16H,2,4-6,8H2,1H3/t9-,11+,13-/m1/s1. The first-order chi connectivity index (χ1) is 9.16. The van der Waals surface area contributed by atoms with Gasteiger partial charge in [0.15, 0.2) is 5.69 Å². The molecule has 1 N–H and O–H groups in total. The lowest BCUT2D eigenvalue weighted by molar-refractivity contribution is -0.0825. The van der Waals surface area contributed by atoms with Crippen LogP contribution in [0.1, 0.15) is 36.2 Å². The SMILES string of the molecule is CO[C@@]12CC[C@@H](O)C[C@@H]1N(C(=O)c1ccon1)CC2. The number of aromatic nitrogens is 1. The Labute approximate surface area is 111 Å². The van der Waals surface area contributed by atoms with E-state index in [9.17, 15) is 9.90 Å². The quantitative estimate of drug-likeness (QED) is 0.857. The van der Waals surface area contributed by atoms with E-state index in [0.29, 0.717) is 18.7 Å². The van der Waals surface area contributed by atoms with Crippen molar-refractivity contribution in [1.82, 2.24) is 10.1 Å². The molecule has 1 saturated carbocycles. The maximum Gasteiger partial charge on any atom is 0.276 e. The van der Waals surface area contributed by atoms with Crippen LogP contribution in [0, 0.1) is 0 Å². The number of amides is 1. The fourth-order valence-corrected chi connectivity index (χ4v) is 3.39. The number of carbonyl (C=O) groups is 1. The Balaban J connectivity index is 1.85. The van der Waals surface area contributed by atoms with E-state index < -0.39 is 0 Å². The molecule has 19 heavy (non-hydrogen) atoms. The molecule has 2 fully saturated rings. The summed E-state index contributed by atoms with van der Waals surface area (Å²) in [5, 5.41) is 13.6. The highest BCUT2D eigenvalue weighted by molar-refractivity contribution is 5.92. The van der Waals surface area contributed by atoms with Crippen LogP contribution in [0.5, 0.6) is 0 Å². The van der Waals surface area contributed by atoms with Crippen LogP contribution >= 0.6 is 0 Å². The number of fused-ring (bicyclic) bond motifs is 1. The van der Waals surface area contributed by atoms with Gasteiger partial charge in [-0.05, 0) is 25.7 Å². The zero-order chi connectivity index (χ0) is 13.5. The molecule has 104 valence electrons. The number of rotatable bonds is 2. The molecule has 0 aromatic carbocycles. The lowest BCUT2D eigenvalue weighted by Gasteiger charge is -2.42. The minimum absolute atomic E-state index is 0.0783. The van der Waals surface area contributed by atoms with E-state index in [0.717, 1.165) is 19.3 Å². The lowest BCUT2D eigenvalue weighted by atomic mass is 9.79. The van der Waals surface area contributed by atoms with E-state index in [1.54, 1.807) is 18.1 Å². The molecule has 0 unspecified atom stereocenters. The molecule has 2 heterocycles. The summed E-state index contributed by atoms with van der Waals surface area (Å²) in [4.78, 5) is 14.2. The van der Waals surface area contributed by atoms with E-state index in [4.69, 9.17) is 9.26 Å². The van der Waals surface area contributed by atoms with Crippen molar-refractivity contribution in [3.63, 3.8) is 0 Å². The number of aliphatic hydroxyl groups excluding tert-OH is 1. The average molecular weight is 266 g/mol. The molecule has 0 bridgehead atoms. The monoisotopic (exact) mass is 266 g/mol. The highest BCUT2D eigenvalue weighted by atomic mass is 16.5. The predicted molar refractivity (Wildman–Crippen MR) is 65.5 cm³/mol. The number of hydrogen-bond donors (Lipinski definition) is 1. The summed E-state index contributed by atoms with van der Waals surface area (Å²) in [5.41, 5.74) is 0.00509. The van der Waals surface area contributed by atoms with E-state index in [1.807, 2.05) is 0 Å². The van der Waals surface area contributed by atoms with Gasteiger partial charge in [0, 0.05) is 19.7 Å². The highest BCUT2D eigenvalue weighted by Gasteiger charge is 2.52. The van der Waals surface area contributed by atoms with Gasteiger partial charge in [0.25, 0.3) is 5.91 Å². The molecule has 0 spiro atoms. The van der Waals surface area contributed by atoms with Crippen molar-refractivity contribution in [2.75, 3.05) is 13.7 Å². The Kier molecular flexibility index (Phi) is 3.06. The molecular weight excluding hydrogens is 248 g/mol. The van der Waals surface area contributed by atoms with Crippen LogP contribution in [-0.2, 0) is 4.74 Å². The summed E-state index contributed by atoms with van der Waals surface area (Å²) in [6, 6.07) is 1.49. The lowest BCUT2D eigenvalue weighted by Crippen LogP contribution is -2.52. The van der Waals surface area contributed by atoms with Gasteiger partial charge >= 0.3 is 0 Å². The summed E-state index contributed by atoms with van der Waals surface area (Å²) in [5.74, 6) is -0.147. The van der Waals surface area contributed by atoms with Gasteiger partial charge in [-0.25, -0.2) is 0 Å². The molecule has 1 saturated heterocycles. The van der Waals surface area contributed by atoms with E-state index >= 15 is 0 Å². The van der Waals surface area contributed by atoms with Crippen LogP contribution < -0.4 is 0 Å². The van der Waals surface area contributed by atoms with Gasteiger partial charge in [-0.3, -0.25) is 4.79 Å². The number of aliphatic hydroxyl groups is 1. The fourth-order valence-electron chi connectivity index (χ4n) is 3.39. The first-order valence-electron chi connectivity index (χ1n) is 6.61. The van der Waals surface area contributed by atoms with Crippen molar-refractivity contribution in [3.8, 4) is 0 Å². The summed E-state index contributed by atoms with van der Waals surface area (Å²) in [7, 11) is 1.69. The zero-order valence-electron chi connectivity index (χ0n) is 10.9. The third kappa shape index (κ3) is 1.95. The smallest absolute Gasteiger partial charge is 0.276 e. The Morgan fingerprint density at radius 1 is 1.63 bits per heavy atom. The van der Waals surface area contributed by atoms with Crippen molar-refractivity contribution < 1.29 is 19.2 Å². The van der Waals surface area contributed by atoms with Gasteiger partial charge in [0.2, 0.25) is 0 Å². The Morgan fingerprint density at radius 2 is 2.47 bits per heavy atom. The molecule has 0 radical (unpaired) electrons. The van der Waals surface area contributed by atoms with Crippen LogP contribution in [0.2, 0.25) is 0 Å². The van der Waals surface area contributed by atoms with Crippen molar-refractivity contribution in [1.29, 1.82) is 0 Å². The van der Waals surface area contributed by atoms with Crippen LogP contribution in [0.25, 0.3) is 0 Å². The molecule has 6 nitrogen and oxygen atoms in total. The van der Waals surface area contributed by atoms with Gasteiger partial charge in [-0.1, -0.05) is 5.16 Å². The molecule has 2 aliphatic rings. The third-order valence-corrected chi connectivity index (χ3v) is 4.48. The second-order valence-electron chi connectivity index (χ2n) is 5.35. The summed E-state index contributed by atoms with van der Waals surface area (Å²) < 4.78 is 10.4. The number of carbonyl (C=O) groups excluding carboxylic acids is 1. The Morgan fingerprint density at radius 3 is 3.16 bits per heavy atom. The second-order valence-corrected chi connectivity index (χ2v) is 5.35. The van der Waals surface area contributed by atoms with Crippen LogP contribution in [0.3, 0.4) is 0 Å². The molecular formula is C13H18N2O4. The van der Waals surface area contributed by atoms with Gasteiger partial charge in [0.1, 0.15) is 6.26 Å². The van der Waals surface area contributed by atoms with E-state index in [2.05, 4.69) is 5.16 Å². The van der Waals surface area contributed by atoms with Gasteiger partial charge in [-0.2, -0.15) is 0 Å². The molecule has 1 aromatic rings. The van der Waals surface area contributed by atoms with E-state index in [1.165, 1.54) is 6.26 Å². The molecule has 1 amide bonds. The van der Waals surface area contributed by atoms with Crippen molar-refractivity contribution in [2.45, 2.75) is 43.4 Å². The fraction of sp³-hybridized carbons (Fsp3) is 0.692. The van der Waals surface area contributed by atoms with Crippen molar-refractivity contribution >= 4 is 5.91 Å². The third-order valence-electron chi connectivity index (χ3n) is 4.48. The first kappa shape index (κ1) is 12.6. The number of ether oxygens (including phenoxy) is 1. The van der Waals surface area contributed by atoms with Crippen molar-refractivity contribution in [2.24, 2.45) is 0 Å². The van der Waals surface area contributed by atoms with Crippen LogP contribution in [0.15, 0.2) is 16.9 Å². The Hall–Kier alpha value is -1.40. The molecule has 1 aliphatic heterocycles. The van der Waals surface area contributed by atoms with E-state index in [-0.39, 0.29) is 23.7 Å². The maximum atomic E-state index is 12.4. The molecule has 1 aliphatic carbocycles. The number of likely N-dealkylation sites (tertiary alicyclic amines) is 1. The summed E-state index contributed by atoms with van der Waals surface area (Å²) in [6.07, 6.45) is 3.93. The topological polar surface area (TPSA) is 75.8 Å². The maximum absolute atomic E-state index is 12.4. The summed E-state index contributed by atoms with van der Waals surface area (Å²) >= 11 is 0. The molecule has 1 aromatic heterocycles. The zero-order valence-corrected chi connectivity index (χ0v) is 10.9. The minimum Gasteiger partial charge on any atom is -0.393 e. The van der Waals surface area contributed by atoms with Gasteiger partial charge in [-0.15, -0.1) is 0 Å². The van der Waals surface area contributed by atoms with Gasteiger partial charge in [0.05, 0.1) is 17.7 Å². The Bertz CT molecular complexity index is 461. The average Bonchev–Trinajstić information content (AvgIpc) is 3.06. The number of methoxy groups -OCH3 is 1. The van der Waals surface area contributed by atoms with Crippen LogP contribution in [0.4, 0.5) is 0 Å². The second kappa shape index (κ2) is 4.61. The number of nitrogens with zero attached hydrogens (tertiary/aromatic N) is 2.